The van der Waals surface area contributed by atoms with Crippen molar-refractivity contribution in [3.63, 3.8) is 0 Å². The molecule has 0 bridgehead atoms. The van der Waals surface area contributed by atoms with Crippen molar-refractivity contribution in [2.75, 3.05) is 5.73 Å². The number of amides is 1. The molecule has 1 rings (SSSR count). The van der Waals surface area contributed by atoms with Gasteiger partial charge in [-0.15, -0.1) is 0 Å². The van der Waals surface area contributed by atoms with Gasteiger partial charge in [0.2, 0.25) is 0 Å². The second-order valence-corrected chi connectivity index (χ2v) is 4.65. The molecule has 0 aliphatic carbocycles. The number of carboxylic acids is 2. The molecule has 19 heavy (non-hydrogen) atoms. The van der Waals surface area contributed by atoms with Gasteiger partial charge in [0.15, 0.2) is 0 Å². The summed E-state index contributed by atoms with van der Waals surface area (Å²) in [6.07, 6.45) is -0.704. The van der Waals surface area contributed by atoms with Gasteiger partial charge in [0.25, 0.3) is 5.91 Å². The smallest absolute Gasteiger partial charge is 0.326 e. The van der Waals surface area contributed by atoms with Crippen molar-refractivity contribution in [2.45, 2.75) is 12.5 Å². The van der Waals surface area contributed by atoms with Gasteiger partial charge in [-0.25, -0.2) is 4.79 Å². The maximum atomic E-state index is 11.8. The van der Waals surface area contributed by atoms with Gasteiger partial charge in [0.1, 0.15) is 6.04 Å². The van der Waals surface area contributed by atoms with Crippen LogP contribution in [0.15, 0.2) is 22.7 Å². The number of halogens is 1. The zero-order valence-corrected chi connectivity index (χ0v) is 11.2. The van der Waals surface area contributed by atoms with E-state index in [-0.39, 0.29) is 5.56 Å². The quantitative estimate of drug-likeness (QED) is 0.587. The van der Waals surface area contributed by atoms with Gasteiger partial charge < -0.3 is 21.3 Å². The molecule has 0 fully saturated rings. The van der Waals surface area contributed by atoms with E-state index in [1.807, 2.05) is 0 Å². The number of rotatable bonds is 5. The Balaban J connectivity index is 2.87. The van der Waals surface area contributed by atoms with Crippen LogP contribution in [0.25, 0.3) is 0 Å². The fourth-order valence-electron chi connectivity index (χ4n) is 1.36. The van der Waals surface area contributed by atoms with Gasteiger partial charge in [-0.3, -0.25) is 9.59 Å². The zero-order valence-electron chi connectivity index (χ0n) is 9.59. The van der Waals surface area contributed by atoms with Gasteiger partial charge in [0, 0.05) is 15.7 Å². The zero-order chi connectivity index (χ0) is 14.6. The topological polar surface area (TPSA) is 130 Å². The Bertz CT molecular complexity index is 512. The summed E-state index contributed by atoms with van der Waals surface area (Å²) in [5.74, 6) is -3.44. The molecule has 8 heteroatoms. The minimum atomic E-state index is -1.50. The Morgan fingerprint density at radius 1 is 1.26 bits per heavy atom. The first-order valence-corrected chi connectivity index (χ1v) is 5.90. The van der Waals surface area contributed by atoms with Crippen molar-refractivity contribution in [1.29, 1.82) is 0 Å². The van der Waals surface area contributed by atoms with E-state index in [0.717, 1.165) is 0 Å². The SMILES string of the molecule is Nc1cc(Br)cc(C(=O)NC(CC(=O)O)C(=O)O)c1. The maximum absolute atomic E-state index is 11.8. The Labute approximate surface area is 116 Å². The molecule has 0 radical (unpaired) electrons. The number of carbonyl (C=O) groups is 3. The summed E-state index contributed by atoms with van der Waals surface area (Å²) >= 11 is 3.15. The molecule has 1 unspecified atom stereocenters. The number of aliphatic carboxylic acids is 2. The van der Waals surface area contributed by atoms with Gasteiger partial charge in [-0.2, -0.15) is 0 Å². The van der Waals surface area contributed by atoms with Gasteiger partial charge in [0.05, 0.1) is 6.42 Å². The highest BCUT2D eigenvalue weighted by atomic mass is 79.9. The van der Waals surface area contributed by atoms with Crippen molar-refractivity contribution in [1.82, 2.24) is 5.32 Å². The molecular formula is C11H11BrN2O5. The number of benzene rings is 1. The van der Waals surface area contributed by atoms with Crippen LogP contribution in [0.4, 0.5) is 5.69 Å². The summed E-state index contributed by atoms with van der Waals surface area (Å²) < 4.78 is 0.558. The van der Waals surface area contributed by atoms with E-state index < -0.39 is 30.3 Å². The summed E-state index contributed by atoms with van der Waals surface area (Å²) in [4.78, 5) is 33.1. The standard InChI is InChI=1S/C11H11BrN2O5/c12-6-1-5(2-7(13)3-6)10(17)14-8(11(18)19)4-9(15)16/h1-3,8H,4,13H2,(H,14,17)(H,15,16)(H,18,19). The van der Waals surface area contributed by atoms with Crippen molar-refractivity contribution >= 4 is 39.5 Å². The highest BCUT2D eigenvalue weighted by Gasteiger charge is 2.23. The van der Waals surface area contributed by atoms with E-state index >= 15 is 0 Å². The third-order valence-electron chi connectivity index (χ3n) is 2.16. The predicted octanol–water partition coefficient (Wildman–Crippen LogP) is 0.689. The maximum Gasteiger partial charge on any atom is 0.326 e. The molecule has 1 aromatic rings. The lowest BCUT2D eigenvalue weighted by atomic mass is 10.1. The Morgan fingerprint density at radius 2 is 1.89 bits per heavy atom. The Hall–Kier alpha value is -2.09. The van der Waals surface area contributed by atoms with Crippen LogP contribution in [0.2, 0.25) is 0 Å². The van der Waals surface area contributed by atoms with Crippen LogP contribution in [-0.2, 0) is 9.59 Å². The van der Waals surface area contributed by atoms with Crippen LogP contribution in [0.5, 0.6) is 0 Å². The summed E-state index contributed by atoms with van der Waals surface area (Å²) in [7, 11) is 0. The number of hydrogen-bond donors (Lipinski definition) is 4. The fourth-order valence-corrected chi connectivity index (χ4v) is 1.87. The molecule has 0 aromatic heterocycles. The molecule has 1 aromatic carbocycles. The monoisotopic (exact) mass is 330 g/mol. The normalized spacial score (nSPS) is 11.6. The van der Waals surface area contributed by atoms with Crippen LogP contribution in [0.1, 0.15) is 16.8 Å². The van der Waals surface area contributed by atoms with E-state index in [4.69, 9.17) is 15.9 Å². The van der Waals surface area contributed by atoms with Crippen LogP contribution in [0.3, 0.4) is 0 Å². The van der Waals surface area contributed by atoms with Gasteiger partial charge in [-0.05, 0) is 18.2 Å². The van der Waals surface area contributed by atoms with Crippen molar-refractivity contribution < 1.29 is 24.6 Å². The number of carboxylic acid groups (broad SMARTS) is 2. The number of nitrogens with one attached hydrogen (secondary N) is 1. The number of nitrogens with two attached hydrogens (primary N) is 1. The largest absolute Gasteiger partial charge is 0.481 e. The van der Waals surface area contributed by atoms with Crippen LogP contribution >= 0.6 is 15.9 Å². The Kier molecular flexibility index (Phi) is 4.87. The third-order valence-corrected chi connectivity index (χ3v) is 2.62. The van der Waals surface area contributed by atoms with Crippen LogP contribution in [-0.4, -0.2) is 34.1 Å². The average molecular weight is 331 g/mol. The molecule has 0 heterocycles. The first-order valence-electron chi connectivity index (χ1n) is 5.11. The molecule has 7 nitrogen and oxygen atoms in total. The van der Waals surface area contributed by atoms with Gasteiger partial charge in [-0.1, -0.05) is 15.9 Å². The average Bonchev–Trinajstić information content (AvgIpc) is 2.25. The molecule has 102 valence electrons. The van der Waals surface area contributed by atoms with Crippen molar-refractivity contribution in [2.24, 2.45) is 0 Å². The number of anilines is 1. The van der Waals surface area contributed by atoms with Crippen LogP contribution < -0.4 is 11.1 Å². The summed E-state index contributed by atoms with van der Waals surface area (Å²) in [5, 5.41) is 19.5. The molecule has 0 spiro atoms. The highest BCUT2D eigenvalue weighted by Crippen LogP contribution is 2.17. The minimum Gasteiger partial charge on any atom is -0.481 e. The first kappa shape index (κ1) is 15.0. The number of carbonyl (C=O) groups excluding carboxylic acids is 1. The second kappa shape index (κ2) is 6.19. The highest BCUT2D eigenvalue weighted by molar-refractivity contribution is 9.10. The molecule has 1 atom stereocenters. The second-order valence-electron chi connectivity index (χ2n) is 3.74. The van der Waals surface area contributed by atoms with Gasteiger partial charge >= 0.3 is 11.9 Å². The first-order chi connectivity index (χ1) is 8.79. The third kappa shape index (κ3) is 4.59. The molecule has 1 amide bonds. The number of nitrogen functional groups attached to an aromatic ring is 1. The van der Waals surface area contributed by atoms with Crippen molar-refractivity contribution in [3.05, 3.63) is 28.2 Å². The summed E-state index contributed by atoms with van der Waals surface area (Å²) in [5.41, 5.74) is 6.01. The molecular weight excluding hydrogens is 320 g/mol. The lowest BCUT2D eigenvalue weighted by molar-refractivity contribution is -0.145. The number of hydrogen-bond acceptors (Lipinski definition) is 4. The lowest BCUT2D eigenvalue weighted by Crippen LogP contribution is -2.42. The Morgan fingerprint density at radius 3 is 2.37 bits per heavy atom. The molecule has 0 saturated heterocycles. The van der Waals surface area contributed by atoms with E-state index in [2.05, 4.69) is 21.2 Å². The van der Waals surface area contributed by atoms with Crippen molar-refractivity contribution in [3.8, 4) is 0 Å². The molecule has 0 aliphatic rings. The predicted molar refractivity (Wildman–Crippen MR) is 69.7 cm³/mol. The molecule has 0 aliphatic heterocycles. The fraction of sp³-hybridized carbons (Fsp3) is 0.182. The summed E-state index contributed by atoms with van der Waals surface area (Å²) in [6.45, 7) is 0. The van der Waals surface area contributed by atoms with E-state index in [0.29, 0.717) is 10.2 Å². The summed E-state index contributed by atoms with van der Waals surface area (Å²) in [6, 6.07) is 2.89. The molecule has 5 N–H and O–H groups in total. The lowest BCUT2D eigenvalue weighted by Gasteiger charge is -2.12. The van der Waals surface area contributed by atoms with E-state index in [9.17, 15) is 14.4 Å². The van der Waals surface area contributed by atoms with Crippen LogP contribution in [0, 0.1) is 0 Å². The minimum absolute atomic E-state index is 0.142. The van der Waals surface area contributed by atoms with E-state index in [1.165, 1.54) is 12.1 Å². The van der Waals surface area contributed by atoms with E-state index in [1.54, 1.807) is 6.07 Å². The molecule has 0 saturated carbocycles.